The Balaban J connectivity index is 2.42. The zero-order chi connectivity index (χ0) is 20.5. The van der Waals surface area contributed by atoms with Crippen LogP contribution in [0.25, 0.3) is 21.9 Å². The summed E-state index contributed by atoms with van der Waals surface area (Å²) in [5, 5.41) is 4.91. The van der Waals surface area contributed by atoms with Gasteiger partial charge in [0.25, 0.3) is 0 Å². The molecular formula is C27H36Si. The zero-order valence-corrected chi connectivity index (χ0v) is 19.8. The average molecular weight is 389 g/mol. The molecule has 0 aliphatic rings. The first-order chi connectivity index (χ1) is 13.2. The maximum Gasteiger partial charge on any atom is 0.0867 e. The molecule has 148 valence electrons. The van der Waals surface area contributed by atoms with Crippen LogP contribution in [0, 0.1) is 6.92 Å². The minimum Gasteiger partial charge on any atom is -0.0654 e. The lowest BCUT2D eigenvalue weighted by atomic mass is 9.92. The Morgan fingerprint density at radius 2 is 1.57 bits per heavy atom. The summed E-state index contributed by atoms with van der Waals surface area (Å²) < 4.78 is 0. The molecule has 3 aromatic carbocycles. The van der Waals surface area contributed by atoms with Crippen molar-refractivity contribution in [2.24, 2.45) is 0 Å². The van der Waals surface area contributed by atoms with E-state index in [-0.39, 0.29) is 0 Å². The van der Waals surface area contributed by atoms with Crippen molar-refractivity contribution in [3.63, 3.8) is 0 Å². The van der Waals surface area contributed by atoms with Gasteiger partial charge in [-0.05, 0) is 57.8 Å². The first-order valence-corrected chi connectivity index (χ1v) is 13.8. The third-order valence-electron chi connectivity index (χ3n) is 6.78. The molecule has 0 N–H and O–H groups in total. The molecule has 0 nitrogen and oxygen atoms in total. The predicted molar refractivity (Wildman–Crippen MR) is 130 cm³/mol. The first-order valence-electron chi connectivity index (χ1n) is 10.8. The normalized spacial score (nSPS) is 12.5. The SMILES string of the molecule is CCCCc1ccc([Si](C)(C)C(C)(C)C)c2c(-c3ccccc3)cc(C)cc12. The Bertz CT molecular complexity index is 959. The summed E-state index contributed by atoms with van der Waals surface area (Å²) in [6, 6.07) is 20.7. The molecule has 28 heavy (non-hydrogen) atoms. The van der Waals surface area contributed by atoms with Crippen LogP contribution in [0.1, 0.15) is 51.7 Å². The molecule has 0 aromatic heterocycles. The van der Waals surface area contributed by atoms with Crippen LogP contribution < -0.4 is 5.19 Å². The molecule has 3 aromatic rings. The van der Waals surface area contributed by atoms with E-state index in [9.17, 15) is 0 Å². The topological polar surface area (TPSA) is 0 Å². The smallest absolute Gasteiger partial charge is 0.0654 e. The number of benzene rings is 3. The molecule has 0 heterocycles. The van der Waals surface area contributed by atoms with Crippen LogP contribution in [0.15, 0.2) is 54.6 Å². The van der Waals surface area contributed by atoms with Crippen LogP contribution >= 0.6 is 0 Å². The second-order valence-electron chi connectivity index (χ2n) is 9.85. The van der Waals surface area contributed by atoms with Crippen LogP contribution in [-0.4, -0.2) is 8.07 Å². The molecular weight excluding hydrogens is 352 g/mol. The van der Waals surface area contributed by atoms with Crippen molar-refractivity contribution >= 4 is 24.0 Å². The molecule has 0 aliphatic heterocycles. The second kappa shape index (κ2) is 7.87. The number of hydrogen-bond acceptors (Lipinski definition) is 0. The van der Waals surface area contributed by atoms with E-state index in [1.54, 1.807) is 5.19 Å². The van der Waals surface area contributed by atoms with Gasteiger partial charge in [-0.2, -0.15) is 0 Å². The zero-order valence-electron chi connectivity index (χ0n) is 18.8. The number of rotatable bonds is 5. The summed E-state index contributed by atoms with van der Waals surface area (Å²) >= 11 is 0. The van der Waals surface area contributed by atoms with E-state index in [2.05, 4.69) is 102 Å². The molecule has 0 unspecified atom stereocenters. The Kier molecular flexibility index (Phi) is 5.86. The highest BCUT2D eigenvalue weighted by atomic mass is 28.3. The average Bonchev–Trinajstić information content (AvgIpc) is 2.65. The standard InChI is InChI=1S/C27H36Si/c1-8-9-13-22-16-17-25(28(6,7)27(3,4)5)26-23(18-20(2)19-24(22)26)21-14-11-10-12-15-21/h10-12,14-19H,8-9,13H2,1-7H3. The molecule has 3 rings (SSSR count). The molecule has 0 spiro atoms. The Hall–Kier alpha value is -1.86. The van der Waals surface area contributed by atoms with Gasteiger partial charge in [-0.3, -0.25) is 0 Å². The van der Waals surface area contributed by atoms with E-state index in [1.165, 1.54) is 52.3 Å². The van der Waals surface area contributed by atoms with Gasteiger partial charge in [0.15, 0.2) is 0 Å². The third-order valence-corrected chi connectivity index (χ3v) is 12.3. The van der Waals surface area contributed by atoms with Gasteiger partial charge in [-0.25, -0.2) is 0 Å². The fourth-order valence-corrected chi connectivity index (χ4v) is 6.24. The number of aryl methyl sites for hydroxylation is 2. The highest BCUT2D eigenvalue weighted by Gasteiger charge is 2.38. The van der Waals surface area contributed by atoms with Gasteiger partial charge in [0.05, 0.1) is 8.07 Å². The first kappa shape index (κ1) is 20.9. The molecule has 0 atom stereocenters. The molecule has 0 fully saturated rings. The minimum absolute atomic E-state index is 0.309. The van der Waals surface area contributed by atoms with Crippen LogP contribution in [-0.2, 0) is 6.42 Å². The van der Waals surface area contributed by atoms with Crippen LogP contribution in [0.4, 0.5) is 0 Å². The van der Waals surface area contributed by atoms with Crippen molar-refractivity contribution in [1.82, 2.24) is 0 Å². The van der Waals surface area contributed by atoms with Crippen LogP contribution in [0.3, 0.4) is 0 Å². The molecule has 0 saturated heterocycles. The largest absolute Gasteiger partial charge is 0.0867 e. The van der Waals surface area contributed by atoms with E-state index >= 15 is 0 Å². The van der Waals surface area contributed by atoms with Crippen molar-refractivity contribution in [3.8, 4) is 11.1 Å². The van der Waals surface area contributed by atoms with Gasteiger partial charge in [-0.15, -0.1) is 0 Å². The molecule has 0 amide bonds. The third kappa shape index (κ3) is 3.82. The van der Waals surface area contributed by atoms with E-state index in [0.717, 1.165) is 0 Å². The molecule has 1 heteroatoms. The van der Waals surface area contributed by atoms with Crippen molar-refractivity contribution in [1.29, 1.82) is 0 Å². The van der Waals surface area contributed by atoms with Crippen molar-refractivity contribution < 1.29 is 0 Å². The Morgan fingerprint density at radius 1 is 0.893 bits per heavy atom. The summed E-state index contributed by atoms with van der Waals surface area (Å²) in [5.74, 6) is 0. The van der Waals surface area contributed by atoms with Crippen molar-refractivity contribution in [2.45, 2.75) is 72.0 Å². The monoisotopic (exact) mass is 388 g/mol. The fraction of sp³-hybridized carbons (Fsp3) is 0.407. The lowest BCUT2D eigenvalue weighted by Crippen LogP contribution is -2.49. The number of fused-ring (bicyclic) bond motifs is 1. The van der Waals surface area contributed by atoms with Crippen LogP contribution in [0.2, 0.25) is 18.1 Å². The summed E-state index contributed by atoms with van der Waals surface area (Å²) in [4.78, 5) is 0. The predicted octanol–water partition coefficient (Wildman–Crippen LogP) is 7.87. The van der Waals surface area contributed by atoms with E-state index in [1.807, 2.05) is 0 Å². The van der Waals surface area contributed by atoms with E-state index < -0.39 is 8.07 Å². The molecule has 0 aliphatic carbocycles. The summed E-state index contributed by atoms with van der Waals surface area (Å²) in [5.41, 5.74) is 5.62. The molecule has 0 saturated carbocycles. The van der Waals surface area contributed by atoms with Crippen molar-refractivity contribution in [2.75, 3.05) is 0 Å². The maximum atomic E-state index is 2.54. The van der Waals surface area contributed by atoms with Crippen LogP contribution in [0.5, 0.6) is 0 Å². The van der Waals surface area contributed by atoms with Gasteiger partial charge in [0, 0.05) is 0 Å². The highest BCUT2D eigenvalue weighted by Crippen LogP contribution is 2.40. The van der Waals surface area contributed by atoms with Crippen molar-refractivity contribution in [3.05, 3.63) is 65.7 Å². The highest BCUT2D eigenvalue weighted by molar-refractivity contribution is 6.93. The molecule has 0 bridgehead atoms. The Labute approximate surface area is 173 Å². The van der Waals surface area contributed by atoms with Gasteiger partial charge >= 0.3 is 0 Å². The lowest BCUT2D eigenvalue weighted by Gasteiger charge is -2.39. The van der Waals surface area contributed by atoms with E-state index in [4.69, 9.17) is 0 Å². The van der Waals surface area contributed by atoms with E-state index in [0.29, 0.717) is 5.04 Å². The summed E-state index contributed by atoms with van der Waals surface area (Å²) in [6.07, 6.45) is 3.66. The van der Waals surface area contributed by atoms with Gasteiger partial charge < -0.3 is 0 Å². The van der Waals surface area contributed by atoms with Gasteiger partial charge in [0.1, 0.15) is 0 Å². The number of hydrogen-bond donors (Lipinski definition) is 0. The fourth-order valence-electron chi connectivity index (χ4n) is 4.04. The second-order valence-corrected chi connectivity index (χ2v) is 15.1. The van der Waals surface area contributed by atoms with Gasteiger partial charge in [0.2, 0.25) is 0 Å². The summed E-state index contributed by atoms with van der Waals surface area (Å²) in [6.45, 7) is 16.9. The lowest BCUT2D eigenvalue weighted by molar-refractivity contribution is 0.730. The number of unbranched alkanes of at least 4 members (excludes halogenated alkanes) is 1. The molecule has 0 radical (unpaired) electrons. The maximum absolute atomic E-state index is 2.54. The van der Waals surface area contributed by atoms with Gasteiger partial charge in [-0.1, -0.05) is 107 Å². The summed E-state index contributed by atoms with van der Waals surface area (Å²) in [7, 11) is -1.68. The quantitative estimate of drug-likeness (QED) is 0.390. The minimum atomic E-state index is -1.68. The Morgan fingerprint density at radius 3 is 2.18 bits per heavy atom.